The zero-order chi connectivity index (χ0) is 16.7. The molecule has 2 aromatic heterocycles. The minimum absolute atomic E-state index is 0.0339. The highest BCUT2D eigenvalue weighted by molar-refractivity contribution is 7.15. The van der Waals surface area contributed by atoms with Crippen molar-refractivity contribution in [2.75, 3.05) is 11.4 Å². The molecule has 7 heteroatoms. The smallest absolute Gasteiger partial charge is 0.208 e. The lowest BCUT2D eigenvalue weighted by molar-refractivity contribution is 0.559. The molecule has 4 rings (SSSR count). The molecule has 0 aliphatic carbocycles. The van der Waals surface area contributed by atoms with Gasteiger partial charge in [-0.2, -0.15) is 0 Å². The van der Waals surface area contributed by atoms with Crippen LogP contribution < -0.4 is 4.90 Å². The number of nitrogens with zero attached hydrogens (tertiary/aromatic N) is 6. The molecule has 0 spiro atoms. The van der Waals surface area contributed by atoms with Crippen LogP contribution in [0.1, 0.15) is 31.6 Å². The highest BCUT2D eigenvalue weighted by Gasteiger charge is 2.26. The van der Waals surface area contributed by atoms with Gasteiger partial charge in [-0.25, -0.2) is 0 Å². The molecule has 3 heterocycles. The molecule has 3 aromatic rings. The van der Waals surface area contributed by atoms with Crippen LogP contribution in [-0.2, 0) is 18.5 Å². The molecule has 1 aromatic carbocycles. The number of hydrogen-bond donors (Lipinski definition) is 0. The molecule has 0 atom stereocenters. The van der Waals surface area contributed by atoms with Gasteiger partial charge >= 0.3 is 0 Å². The Morgan fingerprint density at radius 2 is 1.75 bits per heavy atom. The molecule has 1 aliphatic heterocycles. The van der Waals surface area contributed by atoms with Crippen molar-refractivity contribution in [1.29, 1.82) is 0 Å². The average molecular weight is 340 g/mol. The Balaban J connectivity index is 1.59. The first kappa shape index (κ1) is 15.3. The lowest BCUT2D eigenvalue weighted by Gasteiger charge is -2.27. The summed E-state index contributed by atoms with van der Waals surface area (Å²) in [4.78, 5) is 2.24. The lowest BCUT2D eigenvalue weighted by atomic mass is 9.98. The van der Waals surface area contributed by atoms with E-state index >= 15 is 0 Å². The Morgan fingerprint density at radius 3 is 2.46 bits per heavy atom. The van der Waals surface area contributed by atoms with Gasteiger partial charge in [-0.05, 0) is 0 Å². The molecule has 0 radical (unpaired) electrons. The molecule has 0 saturated carbocycles. The number of rotatable bonds is 2. The molecule has 6 nitrogen and oxygen atoms in total. The molecule has 0 bridgehead atoms. The topological polar surface area (TPSA) is 59.7 Å². The number of aromatic nitrogens is 5. The quantitative estimate of drug-likeness (QED) is 0.717. The van der Waals surface area contributed by atoms with Gasteiger partial charge in [0.2, 0.25) is 5.13 Å². The van der Waals surface area contributed by atoms with Crippen LogP contribution in [0.25, 0.3) is 11.4 Å². The van der Waals surface area contributed by atoms with Gasteiger partial charge in [0, 0.05) is 24.1 Å². The van der Waals surface area contributed by atoms with E-state index < -0.39 is 0 Å². The minimum Gasteiger partial charge on any atom is -0.337 e. The molecule has 0 unspecified atom stereocenters. The van der Waals surface area contributed by atoms with Gasteiger partial charge in [0.25, 0.3) is 0 Å². The number of benzene rings is 1. The third-order valence-electron chi connectivity index (χ3n) is 4.11. The van der Waals surface area contributed by atoms with Gasteiger partial charge in [-0.1, -0.05) is 62.4 Å². The van der Waals surface area contributed by atoms with Crippen LogP contribution in [0, 0.1) is 0 Å². The maximum Gasteiger partial charge on any atom is 0.208 e. The van der Waals surface area contributed by atoms with E-state index in [0.29, 0.717) is 0 Å². The first-order valence-corrected chi connectivity index (χ1v) is 8.90. The number of fused-ring (bicyclic) bond motifs is 1. The summed E-state index contributed by atoms with van der Waals surface area (Å²) in [6.07, 6.45) is 0. The molecule has 124 valence electrons. The summed E-state index contributed by atoms with van der Waals surface area (Å²) in [5.41, 5.74) is 1.14. The van der Waals surface area contributed by atoms with E-state index in [2.05, 4.69) is 62.8 Å². The van der Waals surface area contributed by atoms with Crippen molar-refractivity contribution in [1.82, 2.24) is 25.0 Å². The Bertz CT molecular complexity index is 846. The second-order valence-corrected chi connectivity index (χ2v) is 7.97. The first-order valence-electron chi connectivity index (χ1n) is 8.09. The van der Waals surface area contributed by atoms with Crippen LogP contribution in [0.2, 0.25) is 0 Å². The third kappa shape index (κ3) is 2.69. The molecule has 0 amide bonds. The van der Waals surface area contributed by atoms with Crippen LogP contribution in [-0.4, -0.2) is 31.5 Å². The summed E-state index contributed by atoms with van der Waals surface area (Å²) >= 11 is 1.67. The largest absolute Gasteiger partial charge is 0.337 e. The van der Waals surface area contributed by atoms with Crippen molar-refractivity contribution in [3.05, 3.63) is 41.2 Å². The Labute approximate surface area is 145 Å². The van der Waals surface area contributed by atoms with Crippen molar-refractivity contribution in [2.45, 2.75) is 39.3 Å². The molecular weight excluding hydrogens is 320 g/mol. The molecule has 0 saturated heterocycles. The van der Waals surface area contributed by atoms with Crippen LogP contribution in [0.15, 0.2) is 30.3 Å². The van der Waals surface area contributed by atoms with E-state index in [9.17, 15) is 0 Å². The SMILES string of the molecule is CC(C)(C)c1nnc(N2CCn3c(nnc3-c3ccccc3)C2)s1. The summed E-state index contributed by atoms with van der Waals surface area (Å²) in [6, 6.07) is 10.2. The predicted molar refractivity (Wildman–Crippen MR) is 95.1 cm³/mol. The summed E-state index contributed by atoms with van der Waals surface area (Å²) in [7, 11) is 0. The highest BCUT2D eigenvalue weighted by atomic mass is 32.1. The van der Waals surface area contributed by atoms with Gasteiger partial charge in [-0.3, -0.25) is 0 Å². The summed E-state index contributed by atoms with van der Waals surface area (Å²) in [6.45, 7) is 8.96. The second-order valence-electron chi connectivity index (χ2n) is 7.02. The van der Waals surface area contributed by atoms with Crippen LogP contribution in [0.4, 0.5) is 5.13 Å². The maximum absolute atomic E-state index is 4.39. The molecule has 0 N–H and O–H groups in total. The Kier molecular flexibility index (Phi) is 3.60. The fourth-order valence-electron chi connectivity index (χ4n) is 2.77. The molecular formula is C17H20N6S. The van der Waals surface area contributed by atoms with E-state index in [1.165, 1.54) is 0 Å². The fraction of sp³-hybridized carbons (Fsp3) is 0.412. The predicted octanol–water partition coefficient (Wildman–Crippen LogP) is 3.11. The van der Waals surface area contributed by atoms with Crippen molar-refractivity contribution in [3.63, 3.8) is 0 Å². The van der Waals surface area contributed by atoms with E-state index in [0.717, 1.165) is 47.0 Å². The van der Waals surface area contributed by atoms with Crippen LogP contribution in [0.5, 0.6) is 0 Å². The van der Waals surface area contributed by atoms with Gasteiger partial charge < -0.3 is 9.47 Å². The van der Waals surface area contributed by atoms with E-state index in [4.69, 9.17) is 0 Å². The van der Waals surface area contributed by atoms with Gasteiger partial charge in [0.05, 0.1) is 6.54 Å². The Morgan fingerprint density at radius 1 is 0.958 bits per heavy atom. The fourth-order valence-corrected chi connectivity index (χ4v) is 3.70. The van der Waals surface area contributed by atoms with Crippen LogP contribution in [0.3, 0.4) is 0 Å². The molecule has 0 fully saturated rings. The van der Waals surface area contributed by atoms with E-state index in [-0.39, 0.29) is 5.41 Å². The zero-order valence-corrected chi connectivity index (χ0v) is 14.9. The second kappa shape index (κ2) is 5.66. The number of anilines is 1. The summed E-state index contributed by atoms with van der Waals surface area (Å²) < 4.78 is 2.21. The highest BCUT2D eigenvalue weighted by Crippen LogP contribution is 2.31. The monoisotopic (exact) mass is 340 g/mol. The third-order valence-corrected chi connectivity index (χ3v) is 5.52. The standard InChI is InChI=1S/C17H20N6S/c1-17(2,3)15-20-21-16(24-15)22-9-10-23-13(11-22)18-19-14(23)12-7-5-4-6-8-12/h4-8H,9-11H2,1-3H3. The van der Waals surface area contributed by atoms with Crippen molar-refractivity contribution in [2.24, 2.45) is 0 Å². The number of hydrogen-bond acceptors (Lipinski definition) is 6. The van der Waals surface area contributed by atoms with Gasteiger partial charge in [0.1, 0.15) is 5.01 Å². The van der Waals surface area contributed by atoms with E-state index in [1.807, 2.05) is 18.2 Å². The molecule has 1 aliphatic rings. The van der Waals surface area contributed by atoms with E-state index in [1.54, 1.807) is 11.3 Å². The summed E-state index contributed by atoms with van der Waals surface area (Å²) in [5.74, 6) is 1.92. The molecule has 24 heavy (non-hydrogen) atoms. The van der Waals surface area contributed by atoms with Crippen molar-refractivity contribution >= 4 is 16.5 Å². The Hall–Kier alpha value is -2.28. The van der Waals surface area contributed by atoms with Crippen molar-refractivity contribution < 1.29 is 0 Å². The lowest BCUT2D eigenvalue weighted by Crippen LogP contribution is -2.34. The first-order chi connectivity index (χ1) is 11.5. The van der Waals surface area contributed by atoms with Gasteiger partial charge in [-0.15, -0.1) is 20.4 Å². The minimum atomic E-state index is 0.0339. The maximum atomic E-state index is 4.39. The average Bonchev–Trinajstić information content (AvgIpc) is 3.22. The normalized spacial score (nSPS) is 14.7. The van der Waals surface area contributed by atoms with Gasteiger partial charge in [0.15, 0.2) is 11.6 Å². The summed E-state index contributed by atoms with van der Waals surface area (Å²) in [5, 5.41) is 19.6. The van der Waals surface area contributed by atoms with Crippen LogP contribution >= 0.6 is 11.3 Å². The zero-order valence-electron chi connectivity index (χ0n) is 14.1. The van der Waals surface area contributed by atoms with Crippen molar-refractivity contribution in [3.8, 4) is 11.4 Å².